The molecular weight excluding hydrogens is 204 g/mol. The van der Waals surface area contributed by atoms with Gasteiger partial charge >= 0.3 is 0 Å². The molecule has 1 saturated heterocycles. The summed E-state index contributed by atoms with van der Waals surface area (Å²) in [6.07, 6.45) is 4.75. The largest absolute Gasteiger partial charge is 0.387 e. The maximum absolute atomic E-state index is 11.4. The number of hydrogen-bond acceptors (Lipinski definition) is 3. The normalized spacial score (nSPS) is 23.9. The van der Waals surface area contributed by atoms with E-state index in [9.17, 15) is 9.90 Å². The summed E-state index contributed by atoms with van der Waals surface area (Å²) >= 11 is 0. The fourth-order valence-electron chi connectivity index (χ4n) is 2.35. The van der Waals surface area contributed by atoms with Gasteiger partial charge < -0.3 is 10.4 Å². The van der Waals surface area contributed by atoms with Crippen molar-refractivity contribution in [2.45, 2.75) is 50.7 Å². The van der Waals surface area contributed by atoms with Crippen LogP contribution in [0.25, 0.3) is 0 Å². The molecule has 0 unspecified atom stereocenters. The van der Waals surface area contributed by atoms with Crippen molar-refractivity contribution in [2.75, 3.05) is 19.6 Å². The molecule has 2 fully saturated rings. The predicted octanol–water partition coefficient (Wildman–Crippen LogP) is 0.502. The molecule has 2 N–H and O–H groups in total. The van der Waals surface area contributed by atoms with Gasteiger partial charge in [-0.1, -0.05) is 13.3 Å². The number of nitrogens with one attached hydrogen (secondary N) is 1. The van der Waals surface area contributed by atoms with Gasteiger partial charge in [-0.15, -0.1) is 0 Å². The molecule has 0 radical (unpaired) electrons. The third-order valence-corrected chi connectivity index (χ3v) is 3.35. The van der Waals surface area contributed by atoms with Gasteiger partial charge in [-0.2, -0.15) is 0 Å². The summed E-state index contributed by atoms with van der Waals surface area (Å²) < 4.78 is 0. The molecular formula is C12H22N2O2. The highest BCUT2D eigenvalue weighted by Crippen LogP contribution is 2.25. The number of likely N-dealkylation sites (tertiary alicyclic amines) is 1. The number of β-amino-alcohol motifs (C(OH)–C–C–N with tert-alkyl or cyclic N) is 1. The molecule has 1 amide bonds. The van der Waals surface area contributed by atoms with Crippen LogP contribution in [0.4, 0.5) is 0 Å². The molecule has 1 aliphatic carbocycles. The predicted molar refractivity (Wildman–Crippen MR) is 62.1 cm³/mol. The first-order valence-corrected chi connectivity index (χ1v) is 6.35. The molecule has 1 heterocycles. The first-order chi connectivity index (χ1) is 7.61. The lowest BCUT2D eigenvalue weighted by atomic mass is 9.89. The van der Waals surface area contributed by atoms with Crippen molar-refractivity contribution in [3.8, 4) is 0 Å². The van der Waals surface area contributed by atoms with E-state index >= 15 is 0 Å². The van der Waals surface area contributed by atoms with E-state index in [1.165, 1.54) is 0 Å². The lowest BCUT2D eigenvalue weighted by Crippen LogP contribution is -2.61. The van der Waals surface area contributed by atoms with Crippen LogP contribution >= 0.6 is 0 Å². The highest BCUT2D eigenvalue weighted by Gasteiger charge is 2.39. The molecule has 0 atom stereocenters. The summed E-state index contributed by atoms with van der Waals surface area (Å²) in [6.45, 7) is 4.34. The minimum absolute atomic E-state index is 0.161. The average Bonchev–Trinajstić information content (AvgIpc) is 2.95. The summed E-state index contributed by atoms with van der Waals surface area (Å²) in [5.41, 5.74) is -0.471. The molecule has 0 spiro atoms. The van der Waals surface area contributed by atoms with Crippen LogP contribution in [-0.4, -0.2) is 47.2 Å². The molecule has 0 aromatic carbocycles. The maximum Gasteiger partial charge on any atom is 0.221 e. The Bertz CT molecular complexity index is 258. The fraction of sp³-hybridized carbons (Fsp3) is 0.917. The summed E-state index contributed by atoms with van der Waals surface area (Å²) in [7, 11) is 0. The molecule has 92 valence electrons. The second kappa shape index (κ2) is 4.72. The zero-order valence-electron chi connectivity index (χ0n) is 10.0. The van der Waals surface area contributed by atoms with Crippen molar-refractivity contribution in [1.82, 2.24) is 10.2 Å². The monoisotopic (exact) mass is 226 g/mol. The number of nitrogens with zero attached hydrogens (tertiary/aromatic N) is 1. The minimum atomic E-state index is -0.471. The van der Waals surface area contributed by atoms with Gasteiger partial charge in [0.15, 0.2) is 0 Å². The van der Waals surface area contributed by atoms with Gasteiger partial charge in [0, 0.05) is 32.1 Å². The first kappa shape index (κ1) is 11.9. The van der Waals surface area contributed by atoms with E-state index in [0.29, 0.717) is 12.5 Å². The molecule has 16 heavy (non-hydrogen) atoms. The zero-order valence-corrected chi connectivity index (χ0v) is 10.0. The molecule has 0 aromatic rings. The molecule has 0 aromatic heterocycles. The van der Waals surface area contributed by atoms with Crippen LogP contribution in [-0.2, 0) is 4.79 Å². The Morgan fingerprint density at radius 1 is 1.50 bits per heavy atom. The molecule has 2 rings (SSSR count). The van der Waals surface area contributed by atoms with Crippen LogP contribution in [0.5, 0.6) is 0 Å². The smallest absolute Gasteiger partial charge is 0.221 e. The van der Waals surface area contributed by atoms with Crippen LogP contribution < -0.4 is 5.32 Å². The highest BCUT2D eigenvalue weighted by molar-refractivity contribution is 5.76. The minimum Gasteiger partial charge on any atom is -0.387 e. The first-order valence-electron chi connectivity index (χ1n) is 6.35. The Kier molecular flexibility index (Phi) is 3.50. The fourth-order valence-corrected chi connectivity index (χ4v) is 2.35. The van der Waals surface area contributed by atoms with Gasteiger partial charge in [-0.3, -0.25) is 9.69 Å². The van der Waals surface area contributed by atoms with E-state index in [0.717, 1.165) is 45.3 Å². The molecule has 4 heteroatoms. The van der Waals surface area contributed by atoms with Crippen molar-refractivity contribution in [3.05, 3.63) is 0 Å². The summed E-state index contributed by atoms with van der Waals surface area (Å²) in [6, 6.07) is 0.459. The van der Waals surface area contributed by atoms with Crippen molar-refractivity contribution >= 4 is 5.91 Å². The van der Waals surface area contributed by atoms with Crippen molar-refractivity contribution in [2.24, 2.45) is 0 Å². The van der Waals surface area contributed by atoms with E-state index in [1.54, 1.807) is 0 Å². The number of aliphatic hydroxyl groups is 1. The zero-order chi connectivity index (χ0) is 11.6. The van der Waals surface area contributed by atoms with Crippen LogP contribution in [0.3, 0.4) is 0 Å². The Labute approximate surface area is 97.0 Å². The van der Waals surface area contributed by atoms with Crippen LogP contribution in [0.15, 0.2) is 0 Å². The van der Waals surface area contributed by atoms with Crippen molar-refractivity contribution in [3.63, 3.8) is 0 Å². The number of carbonyl (C=O) groups is 1. The Balaban J connectivity index is 1.56. The second-order valence-corrected chi connectivity index (χ2v) is 5.28. The highest BCUT2D eigenvalue weighted by atomic mass is 16.3. The SMILES string of the molecule is CCCC1(O)CN(CCC(=O)NC2CC2)C1. The van der Waals surface area contributed by atoms with Gasteiger partial charge in [0.1, 0.15) is 0 Å². The van der Waals surface area contributed by atoms with E-state index in [-0.39, 0.29) is 5.91 Å². The Morgan fingerprint density at radius 3 is 2.75 bits per heavy atom. The third-order valence-electron chi connectivity index (χ3n) is 3.35. The summed E-state index contributed by atoms with van der Waals surface area (Å²) in [5.74, 6) is 0.161. The standard InChI is InChI=1S/C12H22N2O2/c1-2-6-12(16)8-14(9-12)7-5-11(15)13-10-3-4-10/h10,16H,2-9H2,1H3,(H,13,15). The van der Waals surface area contributed by atoms with E-state index in [1.807, 2.05) is 0 Å². The van der Waals surface area contributed by atoms with Gasteiger partial charge in [0.25, 0.3) is 0 Å². The maximum atomic E-state index is 11.4. The van der Waals surface area contributed by atoms with Crippen molar-refractivity contribution in [1.29, 1.82) is 0 Å². The van der Waals surface area contributed by atoms with Gasteiger partial charge in [0.2, 0.25) is 5.91 Å². The quantitative estimate of drug-likeness (QED) is 0.693. The van der Waals surface area contributed by atoms with E-state index < -0.39 is 5.60 Å². The van der Waals surface area contributed by atoms with Crippen LogP contribution in [0.1, 0.15) is 39.0 Å². The Morgan fingerprint density at radius 2 is 2.19 bits per heavy atom. The third kappa shape index (κ3) is 3.19. The average molecular weight is 226 g/mol. The van der Waals surface area contributed by atoms with E-state index in [4.69, 9.17) is 0 Å². The lowest BCUT2D eigenvalue weighted by molar-refractivity contribution is -0.126. The van der Waals surface area contributed by atoms with Crippen LogP contribution in [0, 0.1) is 0 Å². The molecule has 4 nitrogen and oxygen atoms in total. The molecule has 1 saturated carbocycles. The number of hydrogen-bond donors (Lipinski definition) is 2. The molecule has 0 bridgehead atoms. The van der Waals surface area contributed by atoms with Crippen molar-refractivity contribution < 1.29 is 9.90 Å². The van der Waals surface area contributed by atoms with Crippen LogP contribution in [0.2, 0.25) is 0 Å². The second-order valence-electron chi connectivity index (χ2n) is 5.28. The summed E-state index contributed by atoms with van der Waals surface area (Å²) in [4.78, 5) is 13.6. The molecule has 2 aliphatic rings. The van der Waals surface area contributed by atoms with Gasteiger partial charge in [-0.25, -0.2) is 0 Å². The lowest BCUT2D eigenvalue weighted by Gasteiger charge is -2.46. The number of rotatable bonds is 6. The number of carbonyl (C=O) groups excluding carboxylic acids is 1. The van der Waals surface area contributed by atoms with E-state index in [2.05, 4.69) is 17.1 Å². The Hall–Kier alpha value is -0.610. The summed E-state index contributed by atoms with van der Waals surface area (Å²) in [5, 5.41) is 12.9. The molecule has 1 aliphatic heterocycles. The van der Waals surface area contributed by atoms with Gasteiger partial charge in [-0.05, 0) is 19.3 Å². The topological polar surface area (TPSA) is 52.6 Å². The number of amides is 1. The van der Waals surface area contributed by atoms with Gasteiger partial charge in [0.05, 0.1) is 5.60 Å².